The molecule has 0 amide bonds. The van der Waals surface area contributed by atoms with E-state index in [1.165, 1.54) is 50.2 Å². The number of hydrogen-bond acceptors (Lipinski definition) is 2. The van der Waals surface area contributed by atoms with Crippen molar-refractivity contribution in [2.45, 2.75) is 72.1 Å². The van der Waals surface area contributed by atoms with Crippen LogP contribution in [0.2, 0.25) is 0 Å². The molecule has 1 aromatic carbocycles. The maximum atomic E-state index is 11.6. The van der Waals surface area contributed by atoms with Gasteiger partial charge in [0, 0.05) is 6.08 Å². The molecule has 2 heteroatoms. The van der Waals surface area contributed by atoms with E-state index in [1.54, 1.807) is 0 Å². The van der Waals surface area contributed by atoms with Crippen LogP contribution in [0.4, 0.5) is 0 Å². The van der Waals surface area contributed by atoms with Gasteiger partial charge in [0.2, 0.25) is 0 Å². The minimum atomic E-state index is -0.258. The first-order chi connectivity index (χ1) is 11.6. The molecule has 0 saturated heterocycles. The molecule has 0 fully saturated rings. The van der Waals surface area contributed by atoms with Gasteiger partial charge in [0.1, 0.15) is 0 Å². The molecule has 0 bridgehead atoms. The fourth-order valence-electron chi connectivity index (χ4n) is 2.51. The van der Waals surface area contributed by atoms with Crippen LogP contribution >= 0.6 is 0 Å². The van der Waals surface area contributed by atoms with Crippen molar-refractivity contribution in [1.29, 1.82) is 0 Å². The zero-order valence-corrected chi connectivity index (χ0v) is 15.7. The maximum Gasteiger partial charge on any atom is 0.330 e. The van der Waals surface area contributed by atoms with Gasteiger partial charge in [-0.15, -0.1) is 0 Å². The summed E-state index contributed by atoms with van der Waals surface area (Å²) in [7, 11) is 0. The average molecular weight is 331 g/mol. The highest BCUT2D eigenvalue weighted by Crippen LogP contribution is 2.12. The van der Waals surface area contributed by atoms with Crippen molar-refractivity contribution in [1.82, 2.24) is 0 Å². The molecule has 134 valence electrons. The third-order valence-electron chi connectivity index (χ3n) is 4.15. The molecule has 0 saturated carbocycles. The minimum absolute atomic E-state index is 0.258. The number of rotatable bonds is 12. The predicted molar refractivity (Wildman–Crippen MR) is 103 cm³/mol. The van der Waals surface area contributed by atoms with Crippen molar-refractivity contribution in [3.05, 3.63) is 41.5 Å². The predicted octanol–water partition coefficient (Wildman–Crippen LogP) is 6.19. The van der Waals surface area contributed by atoms with Gasteiger partial charge >= 0.3 is 5.97 Å². The van der Waals surface area contributed by atoms with Gasteiger partial charge in [-0.2, -0.15) is 0 Å². The maximum absolute atomic E-state index is 11.6. The molecule has 0 unspecified atom stereocenters. The standard InChI is InChI=1S/C22H34O2/c1-4-5-6-7-8-9-10-20-11-13-21(14-12-20)15-16-22(23)24-18-17-19(2)3/h11-16,19H,4-10,17-18H2,1-3H3. The molecule has 0 aliphatic heterocycles. The van der Waals surface area contributed by atoms with Crippen molar-refractivity contribution >= 4 is 12.0 Å². The fraction of sp³-hybridized carbons (Fsp3) is 0.591. The van der Waals surface area contributed by atoms with Gasteiger partial charge in [-0.05, 0) is 42.4 Å². The van der Waals surface area contributed by atoms with Crippen molar-refractivity contribution in [3.8, 4) is 0 Å². The Kier molecular flexibility index (Phi) is 10.9. The number of hydrogen-bond donors (Lipinski definition) is 0. The molecule has 2 nitrogen and oxygen atoms in total. The Morgan fingerprint density at radius 1 is 1.04 bits per heavy atom. The highest BCUT2D eigenvalue weighted by Gasteiger charge is 1.99. The van der Waals surface area contributed by atoms with E-state index in [-0.39, 0.29) is 5.97 Å². The van der Waals surface area contributed by atoms with Gasteiger partial charge in [-0.25, -0.2) is 4.79 Å². The van der Waals surface area contributed by atoms with Gasteiger partial charge in [0.15, 0.2) is 0 Å². The van der Waals surface area contributed by atoms with Crippen LogP contribution in [0.25, 0.3) is 6.08 Å². The lowest BCUT2D eigenvalue weighted by atomic mass is 10.0. The average Bonchev–Trinajstić information content (AvgIpc) is 2.57. The summed E-state index contributed by atoms with van der Waals surface area (Å²) in [6, 6.07) is 8.47. The number of carbonyl (C=O) groups is 1. The lowest BCUT2D eigenvalue weighted by Gasteiger charge is -2.04. The van der Waals surface area contributed by atoms with Crippen molar-refractivity contribution in [2.24, 2.45) is 5.92 Å². The van der Waals surface area contributed by atoms with E-state index >= 15 is 0 Å². The largest absolute Gasteiger partial charge is 0.463 e. The molecular formula is C22H34O2. The zero-order valence-electron chi connectivity index (χ0n) is 15.7. The fourth-order valence-corrected chi connectivity index (χ4v) is 2.51. The Bertz CT molecular complexity index is 471. The van der Waals surface area contributed by atoms with Gasteiger partial charge in [-0.1, -0.05) is 77.1 Å². The van der Waals surface area contributed by atoms with Crippen molar-refractivity contribution in [3.63, 3.8) is 0 Å². The summed E-state index contributed by atoms with van der Waals surface area (Å²) < 4.78 is 5.17. The van der Waals surface area contributed by atoms with Crippen LogP contribution in [-0.4, -0.2) is 12.6 Å². The molecule has 24 heavy (non-hydrogen) atoms. The van der Waals surface area contributed by atoms with Crippen LogP contribution in [0.15, 0.2) is 30.3 Å². The molecule has 1 rings (SSSR count). The van der Waals surface area contributed by atoms with Crippen LogP contribution in [-0.2, 0) is 16.0 Å². The summed E-state index contributed by atoms with van der Waals surface area (Å²) in [4.78, 5) is 11.6. The van der Waals surface area contributed by atoms with Gasteiger partial charge in [0.25, 0.3) is 0 Å². The molecule has 0 aromatic heterocycles. The smallest absolute Gasteiger partial charge is 0.330 e. The molecule has 0 heterocycles. The first kappa shape index (κ1) is 20.5. The van der Waals surface area contributed by atoms with Crippen LogP contribution in [0, 0.1) is 5.92 Å². The number of unbranched alkanes of at least 4 members (excludes halogenated alkanes) is 5. The van der Waals surface area contributed by atoms with Gasteiger partial charge in [-0.3, -0.25) is 0 Å². The van der Waals surface area contributed by atoms with E-state index in [1.807, 2.05) is 6.08 Å². The Labute approximate surface area is 148 Å². The van der Waals surface area contributed by atoms with E-state index < -0.39 is 0 Å². The Morgan fingerprint density at radius 2 is 1.71 bits per heavy atom. The normalized spacial score (nSPS) is 11.3. The number of ether oxygens (including phenoxy) is 1. The summed E-state index contributed by atoms with van der Waals surface area (Å²) in [5.41, 5.74) is 2.42. The molecule has 0 radical (unpaired) electrons. The van der Waals surface area contributed by atoms with E-state index in [4.69, 9.17) is 4.74 Å². The summed E-state index contributed by atoms with van der Waals surface area (Å²) in [5, 5.41) is 0. The summed E-state index contributed by atoms with van der Waals surface area (Å²) in [6.45, 7) is 6.99. The second-order valence-electron chi connectivity index (χ2n) is 6.94. The second-order valence-corrected chi connectivity index (χ2v) is 6.94. The lowest BCUT2D eigenvalue weighted by Crippen LogP contribution is -2.04. The summed E-state index contributed by atoms with van der Waals surface area (Å²) in [6.07, 6.45) is 13.4. The monoisotopic (exact) mass is 330 g/mol. The van der Waals surface area contributed by atoms with Crippen molar-refractivity contribution in [2.75, 3.05) is 6.61 Å². The van der Waals surface area contributed by atoms with Crippen LogP contribution < -0.4 is 0 Å². The molecule has 0 aliphatic carbocycles. The lowest BCUT2D eigenvalue weighted by molar-refractivity contribution is -0.137. The summed E-state index contributed by atoms with van der Waals surface area (Å²) >= 11 is 0. The topological polar surface area (TPSA) is 26.3 Å². The Morgan fingerprint density at radius 3 is 2.38 bits per heavy atom. The molecule has 0 spiro atoms. The first-order valence-electron chi connectivity index (χ1n) is 9.55. The van der Waals surface area contributed by atoms with Crippen LogP contribution in [0.3, 0.4) is 0 Å². The number of benzene rings is 1. The van der Waals surface area contributed by atoms with E-state index in [9.17, 15) is 4.79 Å². The molecule has 0 aliphatic rings. The SMILES string of the molecule is CCCCCCCCc1ccc(C=CC(=O)OCCC(C)C)cc1. The van der Waals surface area contributed by atoms with Crippen molar-refractivity contribution < 1.29 is 9.53 Å². The van der Waals surface area contributed by atoms with Crippen LogP contribution in [0.1, 0.15) is 76.8 Å². The number of carbonyl (C=O) groups excluding carboxylic acids is 1. The van der Waals surface area contributed by atoms with E-state index in [0.29, 0.717) is 12.5 Å². The van der Waals surface area contributed by atoms with E-state index in [0.717, 1.165) is 18.4 Å². The second kappa shape index (κ2) is 12.8. The molecule has 1 aromatic rings. The highest BCUT2D eigenvalue weighted by molar-refractivity contribution is 5.87. The third kappa shape index (κ3) is 10.3. The quantitative estimate of drug-likeness (QED) is 0.259. The zero-order chi connectivity index (χ0) is 17.6. The Balaban J connectivity index is 2.26. The number of esters is 1. The Hall–Kier alpha value is -1.57. The van der Waals surface area contributed by atoms with Gasteiger partial charge < -0.3 is 4.74 Å². The number of aryl methyl sites for hydroxylation is 1. The van der Waals surface area contributed by atoms with E-state index in [2.05, 4.69) is 45.0 Å². The molecule has 0 atom stereocenters. The third-order valence-corrected chi connectivity index (χ3v) is 4.15. The molecule has 0 N–H and O–H groups in total. The minimum Gasteiger partial charge on any atom is -0.463 e. The molecular weight excluding hydrogens is 296 g/mol. The summed E-state index contributed by atoms with van der Waals surface area (Å²) in [5.74, 6) is 0.299. The van der Waals surface area contributed by atoms with Crippen LogP contribution in [0.5, 0.6) is 0 Å². The first-order valence-corrected chi connectivity index (χ1v) is 9.55. The van der Waals surface area contributed by atoms with Gasteiger partial charge in [0.05, 0.1) is 6.61 Å². The highest BCUT2D eigenvalue weighted by atomic mass is 16.5.